The van der Waals surface area contributed by atoms with E-state index in [-0.39, 0.29) is 0 Å². The van der Waals surface area contributed by atoms with Crippen LogP contribution in [0.3, 0.4) is 0 Å². The molecule has 3 amide bonds. The number of carbonyl (C=O) groups excluding carboxylic acids is 3. The van der Waals surface area contributed by atoms with Gasteiger partial charge in [0.2, 0.25) is 17.7 Å². The van der Waals surface area contributed by atoms with Gasteiger partial charge in [-0.3, -0.25) is 14.4 Å². The van der Waals surface area contributed by atoms with Crippen molar-refractivity contribution in [1.29, 1.82) is 0 Å². The summed E-state index contributed by atoms with van der Waals surface area (Å²) in [6.45, 7) is 0.868. The molecule has 0 aromatic carbocycles. The summed E-state index contributed by atoms with van der Waals surface area (Å²) in [7, 11) is 0. The number of carbonyl (C=O) groups is 4. The molecule has 5 unspecified atom stereocenters. The van der Waals surface area contributed by atoms with Crippen LogP contribution in [0.1, 0.15) is 13.8 Å². The Morgan fingerprint density at radius 2 is 1.36 bits per heavy atom. The molecular formula is C13H24N4O8. The van der Waals surface area contributed by atoms with E-state index in [1.54, 1.807) is 0 Å². The SMILES string of the molecule is CC(NC(=O)C(CO)NC(=O)C(N)C(C)O)C(=O)NC(CO)C(=O)O. The lowest BCUT2D eigenvalue weighted by Crippen LogP contribution is -2.58. The standard InChI is InChI=1S/C13H24N4O8/c1-5(10(21)17-8(4-19)13(24)25)15-11(22)7(3-18)16-12(23)9(14)6(2)20/h5-9,18-20H,3-4,14H2,1-2H3,(H,15,22)(H,16,23)(H,17,21)(H,24,25). The lowest BCUT2D eigenvalue weighted by Gasteiger charge is -2.22. The highest BCUT2D eigenvalue weighted by Crippen LogP contribution is 1.94. The molecule has 0 rings (SSSR count). The van der Waals surface area contributed by atoms with Gasteiger partial charge in [-0.05, 0) is 13.8 Å². The highest BCUT2D eigenvalue weighted by atomic mass is 16.4. The van der Waals surface area contributed by atoms with Crippen LogP contribution < -0.4 is 21.7 Å². The number of carboxylic acids is 1. The molecule has 12 heteroatoms. The monoisotopic (exact) mass is 364 g/mol. The van der Waals surface area contributed by atoms with Crippen molar-refractivity contribution in [2.75, 3.05) is 13.2 Å². The number of nitrogens with two attached hydrogens (primary N) is 1. The molecule has 0 aliphatic rings. The Labute approximate surface area is 143 Å². The highest BCUT2D eigenvalue weighted by molar-refractivity contribution is 5.94. The van der Waals surface area contributed by atoms with E-state index in [1.165, 1.54) is 13.8 Å². The Balaban J connectivity index is 4.73. The molecule has 0 heterocycles. The maximum absolute atomic E-state index is 12.0. The van der Waals surface area contributed by atoms with Crippen LogP contribution >= 0.6 is 0 Å². The predicted molar refractivity (Wildman–Crippen MR) is 82.9 cm³/mol. The Kier molecular flexibility index (Phi) is 9.59. The second-order valence-electron chi connectivity index (χ2n) is 5.32. The largest absolute Gasteiger partial charge is 0.480 e. The van der Waals surface area contributed by atoms with Gasteiger partial charge in [0.25, 0.3) is 0 Å². The minimum absolute atomic E-state index is 0.799. The molecular weight excluding hydrogens is 340 g/mol. The van der Waals surface area contributed by atoms with Crippen LogP contribution in [0.2, 0.25) is 0 Å². The molecule has 0 aromatic heterocycles. The molecule has 144 valence electrons. The maximum Gasteiger partial charge on any atom is 0.328 e. The van der Waals surface area contributed by atoms with Crippen LogP contribution in [0, 0.1) is 0 Å². The zero-order chi connectivity index (χ0) is 19.7. The number of carboxylic acid groups (broad SMARTS) is 1. The third-order valence-electron chi connectivity index (χ3n) is 3.19. The quantitative estimate of drug-likeness (QED) is 0.187. The Hall–Kier alpha value is -2.28. The number of amides is 3. The first-order chi connectivity index (χ1) is 11.5. The number of hydrogen-bond donors (Lipinski definition) is 8. The van der Waals surface area contributed by atoms with Gasteiger partial charge in [0.15, 0.2) is 0 Å². The van der Waals surface area contributed by atoms with E-state index in [0.29, 0.717) is 0 Å². The summed E-state index contributed by atoms with van der Waals surface area (Å²) < 4.78 is 0. The Morgan fingerprint density at radius 1 is 0.880 bits per heavy atom. The summed E-state index contributed by atoms with van der Waals surface area (Å²) >= 11 is 0. The van der Waals surface area contributed by atoms with Crippen molar-refractivity contribution >= 4 is 23.7 Å². The zero-order valence-corrected chi connectivity index (χ0v) is 13.8. The van der Waals surface area contributed by atoms with Gasteiger partial charge in [0, 0.05) is 0 Å². The zero-order valence-electron chi connectivity index (χ0n) is 13.8. The van der Waals surface area contributed by atoms with Gasteiger partial charge in [0.05, 0.1) is 19.3 Å². The summed E-state index contributed by atoms with van der Waals surface area (Å²) in [5.74, 6) is -4.15. The van der Waals surface area contributed by atoms with Gasteiger partial charge in [-0.25, -0.2) is 4.79 Å². The van der Waals surface area contributed by atoms with E-state index < -0.39 is 67.2 Å². The van der Waals surface area contributed by atoms with Crippen LogP contribution in [-0.2, 0) is 19.2 Å². The molecule has 0 aromatic rings. The molecule has 0 saturated heterocycles. The van der Waals surface area contributed by atoms with Crippen molar-refractivity contribution in [1.82, 2.24) is 16.0 Å². The van der Waals surface area contributed by atoms with Gasteiger partial charge >= 0.3 is 5.97 Å². The first-order valence-electron chi connectivity index (χ1n) is 7.34. The van der Waals surface area contributed by atoms with Crippen LogP contribution in [0.4, 0.5) is 0 Å². The van der Waals surface area contributed by atoms with Gasteiger partial charge in [-0.2, -0.15) is 0 Å². The number of rotatable bonds is 10. The fraction of sp³-hybridized carbons (Fsp3) is 0.692. The molecule has 0 saturated carbocycles. The van der Waals surface area contributed by atoms with Crippen LogP contribution in [0.15, 0.2) is 0 Å². The fourth-order valence-corrected chi connectivity index (χ4v) is 1.54. The molecule has 0 fully saturated rings. The lowest BCUT2D eigenvalue weighted by molar-refractivity contribution is -0.143. The lowest BCUT2D eigenvalue weighted by atomic mass is 10.1. The first kappa shape index (κ1) is 22.7. The van der Waals surface area contributed by atoms with Gasteiger partial charge in [-0.15, -0.1) is 0 Å². The van der Waals surface area contributed by atoms with Crippen molar-refractivity contribution in [3.8, 4) is 0 Å². The van der Waals surface area contributed by atoms with E-state index >= 15 is 0 Å². The molecule has 0 aliphatic heterocycles. The van der Waals surface area contributed by atoms with Crippen molar-refractivity contribution in [2.45, 2.75) is 44.1 Å². The second kappa shape index (κ2) is 10.6. The van der Waals surface area contributed by atoms with Gasteiger partial charge in [0.1, 0.15) is 24.2 Å². The van der Waals surface area contributed by atoms with Crippen LogP contribution in [-0.4, -0.2) is 87.6 Å². The average Bonchev–Trinajstić information content (AvgIpc) is 2.55. The predicted octanol–water partition coefficient (Wildman–Crippen LogP) is -4.76. The molecule has 12 nitrogen and oxygen atoms in total. The topological polar surface area (TPSA) is 211 Å². The number of hydrogen-bond acceptors (Lipinski definition) is 8. The van der Waals surface area contributed by atoms with E-state index in [1.807, 2.05) is 5.32 Å². The maximum atomic E-state index is 12.0. The van der Waals surface area contributed by atoms with Crippen molar-refractivity contribution in [3.05, 3.63) is 0 Å². The third-order valence-corrected chi connectivity index (χ3v) is 3.19. The van der Waals surface area contributed by atoms with Crippen molar-refractivity contribution in [3.63, 3.8) is 0 Å². The normalized spacial score (nSPS) is 16.7. The smallest absolute Gasteiger partial charge is 0.328 e. The minimum Gasteiger partial charge on any atom is -0.480 e. The Morgan fingerprint density at radius 3 is 1.76 bits per heavy atom. The number of aliphatic hydroxyl groups excluding tert-OH is 3. The van der Waals surface area contributed by atoms with Crippen molar-refractivity contribution < 1.29 is 39.6 Å². The molecule has 0 spiro atoms. The van der Waals surface area contributed by atoms with Crippen LogP contribution in [0.5, 0.6) is 0 Å². The Bertz CT molecular complexity index is 498. The molecule has 9 N–H and O–H groups in total. The number of nitrogens with one attached hydrogen (secondary N) is 3. The van der Waals surface area contributed by atoms with E-state index in [9.17, 15) is 29.4 Å². The van der Waals surface area contributed by atoms with Gasteiger partial charge in [-0.1, -0.05) is 0 Å². The number of aliphatic hydroxyl groups is 3. The van der Waals surface area contributed by atoms with E-state index in [4.69, 9.17) is 15.9 Å². The average molecular weight is 364 g/mol. The summed E-state index contributed by atoms with van der Waals surface area (Å²) in [5.41, 5.74) is 5.39. The van der Waals surface area contributed by atoms with Crippen LogP contribution in [0.25, 0.3) is 0 Å². The molecule has 0 bridgehead atoms. The number of aliphatic carboxylic acids is 1. The van der Waals surface area contributed by atoms with E-state index in [2.05, 4.69) is 10.6 Å². The molecule has 0 radical (unpaired) electrons. The summed E-state index contributed by atoms with van der Waals surface area (Å²) in [4.78, 5) is 46.2. The minimum atomic E-state index is -1.54. The fourth-order valence-electron chi connectivity index (χ4n) is 1.54. The summed E-state index contributed by atoms with van der Waals surface area (Å²) in [6.07, 6.45) is -1.18. The second-order valence-corrected chi connectivity index (χ2v) is 5.32. The molecule has 25 heavy (non-hydrogen) atoms. The molecule has 0 aliphatic carbocycles. The summed E-state index contributed by atoms with van der Waals surface area (Å²) in [6, 6.07) is -5.49. The first-order valence-corrected chi connectivity index (χ1v) is 7.34. The summed E-state index contributed by atoms with van der Waals surface area (Å²) in [5, 5.41) is 42.2. The van der Waals surface area contributed by atoms with Gasteiger partial charge < -0.3 is 42.1 Å². The highest BCUT2D eigenvalue weighted by Gasteiger charge is 2.28. The van der Waals surface area contributed by atoms with E-state index in [0.717, 1.165) is 0 Å². The molecule has 5 atom stereocenters. The third kappa shape index (κ3) is 7.43. The van der Waals surface area contributed by atoms with Crippen molar-refractivity contribution in [2.24, 2.45) is 5.73 Å².